The summed E-state index contributed by atoms with van der Waals surface area (Å²) >= 11 is 5.68. The lowest BCUT2D eigenvalue weighted by molar-refractivity contribution is 0.646. The Hall–Kier alpha value is -1.21. The first kappa shape index (κ1) is 15.8. The molecule has 1 rings (SSSR count). The fourth-order valence-corrected chi connectivity index (χ4v) is 2.17. The summed E-state index contributed by atoms with van der Waals surface area (Å²) in [5, 5.41) is 3.33. The smallest absolute Gasteiger partial charge is 0.0387 e. The van der Waals surface area contributed by atoms with E-state index in [0.29, 0.717) is 11.8 Å². The molecule has 0 unspecified atom stereocenters. The molecule has 1 N–H and O–H groups in total. The van der Waals surface area contributed by atoms with E-state index in [1.54, 1.807) is 0 Å². The SMILES string of the molecule is C=Cc1cc(NC(=C)CCCCl)ccc1CC(C)C. The predicted molar refractivity (Wildman–Crippen MR) is 87.8 cm³/mol. The van der Waals surface area contributed by atoms with Crippen LogP contribution >= 0.6 is 11.6 Å². The van der Waals surface area contributed by atoms with Gasteiger partial charge in [0.05, 0.1) is 0 Å². The van der Waals surface area contributed by atoms with Gasteiger partial charge >= 0.3 is 0 Å². The van der Waals surface area contributed by atoms with Crippen LogP contribution in [0.5, 0.6) is 0 Å². The highest BCUT2D eigenvalue weighted by atomic mass is 35.5. The molecule has 1 aromatic rings. The zero-order valence-corrected chi connectivity index (χ0v) is 12.8. The van der Waals surface area contributed by atoms with Gasteiger partial charge in [-0.05, 0) is 48.4 Å². The highest BCUT2D eigenvalue weighted by Crippen LogP contribution is 2.21. The van der Waals surface area contributed by atoms with Crippen molar-refractivity contribution in [2.45, 2.75) is 33.1 Å². The number of hydrogen-bond donors (Lipinski definition) is 1. The fourth-order valence-electron chi connectivity index (χ4n) is 2.04. The van der Waals surface area contributed by atoms with E-state index in [4.69, 9.17) is 11.6 Å². The second-order valence-corrected chi connectivity index (χ2v) is 5.61. The van der Waals surface area contributed by atoms with Crippen molar-refractivity contribution in [2.75, 3.05) is 11.2 Å². The van der Waals surface area contributed by atoms with Crippen LogP contribution in [-0.4, -0.2) is 5.88 Å². The molecule has 0 saturated carbocycles. The molecule has 0 bridgehead atoms. The first-order valence-corrected chi connectivity index (χ1v) is 7.36. The molecular formula is C17H24ClN. The van der Waals surface area contributed by atoms with E-state index in [1.165, 1.54) is 11.1 Å². The van der Waals surface area contributed by atoms with Crippen LogP contribution in [0.15, 0.2) is 37.1 Å². The van der Waals surface area contributed by atoms with Crippen LogP contribution in [0.25, 0.3) is 6.08 Å². The van der Waals surface area contributed by atoms with Gasteiger partial charge in [-0.1, -0.05) is 39.1 Å². The van der Waals surface area contributed by atoms with Gasteiger partial charge in [-0.3, -0.25) is 0 Å². The van der Waals surface area contributed by atoms with Crippen LogP contribution in [0.2, 0.25) is 0 Å². The zero-order valence-electron chi connectivity index (χ0n) is 12.0. The number of benzene rings is 1. The number of halogens is 1. The van der Waals surface area contributed by atoms with Gasteiger partial charge in [0, 0.05) is 17.3 Å². The molecule has 0 heterocycles. The molecule has 0 amide bonds. The third-order valence-corrected chi connectivity index (χ3v) is 3.19. The number of anilines is 1. The van der Waals surface area contributed by atoms with Crippen molar-refractivity contribution in [1.82, 2.24) is 0 Å². The number of nitrogens with one attached hydrogen (secondary N) is 1. The monoisotopic (exact) mass is 277 g/mol. The Balaban J connectivity index is 2.76. The fraction of sp³-hybridized carbons (Fsp3) is 0.412. The Morgan fingerprint density at radius 1 is 1.42 bits per heavy atom. The molecule has 0 radical (unpaired) electrons. The maximum atomic E-state index is 5.68. The van der Waals surface area contributed by atoms with Crippen molar-refractivity contribution in [1.29, 1.82) is 0 Å². The molecule has 1 aromatic carbocycles. The van der Waals surface area contributed by atoms with Gasteiger partial charge < -0.3 is 5.32 Å². The molecule has 1 nitrogen and oxygen atoms in total. The normalized spacial score (nSPS) is 10.5. The third-order valence-electron chi connectivity index (χ3n) is 2.93. The third kappa shape index (κ3) is 5.52. The second kappa shape index (κ2) is 8.06. The molecular weight excluding hydrogens is 254 g/mol. The van der Waals surface area contributed by atoms with Crippen LogP contribution in [-0.2, 0) is 6.42 Å². The summed E-state index contributed by atoms with van der Waals surface area (Å²) in [6.07, 6.45) is 4.85. The van der Waals surface area contributed by atoms with Crippen molar-refractivity contribution in [3.8, 4) is 0 Å². The highest BCUT2D eigenvalue weighted by molar-refractivity contribution is 6.17. The van der Waals surface area contributed by atoms with Crippen molar-refractivity contribution >= 4 is 23.4 Å². The number of alkyl halides is 1. The Morgan fingerprint density at radius 2 is 2.16 bits per heavy atom. The second-order valence-electron chi connectivity index (χ2n) is 5.24. The van der Waals surface area contributed by atoms with Crippen LogP contribution in [0.3, 0.4) is 0 Å². The van der Waals surface area contributed by atoms with E-state index in [9.17, 15) is 0 Å². The van der Waals surface area contributed by atoms with E-state index in [-0.39, 0.29) is 0 Å². The van der Waals surface area contributed by atoms with Crippen molar-refractivity contribution < 1.29 is 0 Å². The highest BCUT2D eigenvalue weighted by Gasteiger charge is 2.04. The minimum atomic E-state index is 0.649. The molecule has 0 fully saturated rings. The Labute approximate surface area is 122 Å². The molecule has 0 aliphatic carbocycles. The summed E-state index contributed by atoms with van der Waals surface area (Å²) in [6.45, 7) is 12.4. The zero-order chi connectivity index (χ0) is 14.3. The molecule has 0 aromatic heterocycles. The molecule has 19 heavy (non-hydrogen) atoms. The van der Waals surface area contributed by atoms with Gasteiger partial charge in [0.25, 0.3) is 0 Å². The van der Waals surface area contributed by atoms with Crippen molar-refractivity contribution in [2.24, 2.45) is 5.92 Å². The van der Waals surface area contributed by atoms with Crippen molar-refractivity contribution in [3.05, 3.63) is 48.2 Å². The van der Waals surface area contributed by atoms with Gasteiger partial charge in [0.2, 0.25) is 0 Å². The number of hydrogen-bond acceptors (Lipinski definition) is 1. The molecule has 0 atom stereocenters. The molecule has 0 aliphatic rings. The lowest BCUT2D eigenvalue weighted by Gasteiger charge is -2.13. The van der Waals surface area contributed by atoms with Gasteiger partial charge in [0.15, 0.2) is 0 Å². The largest absolute Gasteiger partial charge is 0.359 e. The quantitative estimate of drug-likeness (QED) is 0.621. The number of rotatable bonds is 8. The first-order valence-electron chi connectivity index (χ1n) is 6.83. The first-order chi connectivity index (χ1) is 9.06. The topological polar surface area (TPSA) is 12.0 Å². The van der Waals surface area contributed by atoms with Crippen molar-refractivity contribution in [3.63, 3.8) is 0 Å². The minimum Gasteiger partial charge on any atom is -0.359 e. The van der Waals surface area contributed by atoms with Crippen LogP contribution in [0, 0.1) is 5.92 Å². The van der Waals surface area contributed by atoms with E-state index >= 15 is 0 Å². The average molecular weight is 278 g/mol. The van der Waals surface area contributed by atoms with E-state index in [0.717, 1.165) is 30.6 Å². The standard InChI is InChI=1S/C17H24ClN/c1-5-15-12-17(19-14(4)7-6-10-18)9-8-16(15)11-13(2)3/h5,8-9,12-13,19H,1,4,6-7,10-11H2,2-3H3. The molecule has 0 saturated heterocycles. The summed E-state index contributed by atoms with van der Waals surface area (Å²) in [7, 11) is 0. The predicted octanol–water partition coefficient (Wildman–Crippen LogP) is 5.47. The molecule has 104 valence electrons. The van der Waals surface area contributed by atoms with Gasteiger partial charge in [0.1, 0.15) is 0 Å². The summed E-state index contributed by atoms with van der Waals surface area (Å²) in [5.74, 6) is 1.32. The Bertz CT molecular complexity index is 435. The number of allylic oxidation sites excluding steroid dienone is 1. The van der Waals surface area contributed by atoms with E-state index in [2.05, 4.69) is 50.5 Å². The Morgan fingerprint density at radius 3 is 2.74 bits per heavy atom. The average Bonchev–Trinajstić information content (AvgIpc) is 2.37. The van der Waals surface area contributed by atoms with Crippen LogP contribution in [0.1, 0.15) is 37.8 Å². The molecule has 2 heteroatoms. The van der Waals surface area contributed by atoms with Gasteiger partial charge in [-0.15, -0.1) is 11.6 Å². The maximum Gasteiger partial charge on any atom is 0.0387 e. The van der Waals surface area contributed by atoms with E-state index < -0.39 is 0 Å². The lowest BCUT2D eigenvalue weighted by Crippen LogP contribution is -2.01. The lowest BCUT2D eigenvalue weighted by atomic mass is 9.97. The maximum absolute atomic E-state index is 5.68. The minimum absolute atomic E-state index is 0.649. The van der Waals surface area contributed by atoms with Crippen LogP contribution < -0.4 is 5.32 Å². The summed E-state index contributed by atoms with van der Waals surface area (Å²) in [5.41, 5.74) is 4.63. The van der Waals surface area contributed by atoms with Crippen LogP contribution in [0.4, 0.5) is 5.69 Å². The molecule has 0 spiro atoms. The molecule has 0 aliphatic heterocycles. The van der Waals surface area contributed by atoms with Gasteiger partial charge in [-0.2, -0.15) is 0 Å². The summed E-state index contributed by atoms with van der Waals surface area (Å²) in [6, 6.07) is 6.42. The summed E-state index contributed by atoms with van der Waals surface area (Å²) in [4.78, 5) is 0. The summed E-state index contributed by atoms with van der Waals surface area (Å²) < 4.78 is 0. The van der Waals surface area contributed by atoms with E-state index in [1.807, 2.05) is 6.08 Å². The Kier molecular flexibility index (Phi) is 6.72. The van der Waals surface area contributed by atoms with Gasteiger partial charge in [-0.25, -0.2) is 0 Å².